The van der Waals surface area contributed by atoms with Gasteiger partial charge in [-0.25, -0.2) is 0 Å². The van der Waals surface area contributed by atoms with Gasteiger partial charge >= 0.3 is 0 Å². The fraction of sp³-hybridized carbons (Fsp3) is 0.222. The molecule has 2 atom stereocenters. The molecule has 5 rings (SSSR count). The first-order chi connectivity index (χ1) is 10.3. The van der Waals surface area contributed by atoms with Gasteiger partial charge in [0.05, 0.1) is 12.0 Å². The van der Waals surface area contributed by atoms with Crippen LogP contribution in [-0.2, 0) is 16.8 Å². The summed E-state index contributed by atoms with van der Waals surface area (Å²) in [6, 6.07) is 14.6. The Bertz CT molecular complexity index is 824. The standard InChI is InChI=1S/C18H14N2O/c21-17-18(14-3-1-2-4-16(14)20-17)8-15(18)11-5-6-12-9-19-10-13(12)7-11/h1-7,9,15H,8,10H2,(H,20,21)/t15-,18+/m1/s1. The van der Waals surface area contributed by atoms with Gasteiger partial charge in [-0.1, -0.05) is 36.4 Å². The predicted molar refractivity (Wildman–Crippen MR) is 81.8 cm³/mol. The fourth-order valence-electron chi connectivity index (χ4n) is 3.90. The minimum Gasteiger partial charge on any atom is -0.325 e. The van der Waals surface area contributed by atoms with Crippen molar-refractivity contribution in [3.8, 4) is 0 Å². The highest BCUT2D eigenvalue weighted by atomic mass is 16.2. The Kier molecular flexibility index (Phi) is 1.94. The smallest absolute Gasteiger partial charge is 0.235 e. The Balaban J connectivity index is 1.58. The van der Waals surface area contributed by atoms with Crippen LogP contribution in [0.3, 0.4) is 0 Å². The van der Waals surface area contributed by atoms with Gasteiger partial charge in [-0.2, -0.15) is 0 Å². The number of rotatable bonds is 1. The van der Waals surface area contributed by atoms with E-state index in [-0.39, 0.29) is 11.3 Å². The zero-order valence-electron chi connectivity index (χ0n) is 11.5. The molecule has 2 aromatic rings. The van der Waals surface area contributed by atoms with Crippen molar-refractivity contribution in [2.75, 3.05) is 5.32 Å². The molecule has 1 fully saturated rings. The molecule has 3 nitrogen and oxygen atoms in total. The molecule has 1 aliphatic carbocycles. The van der Waals surface area contributed by atoms with E-state index in [4.69, 9.17) is 0 Å². The maximum Gasteiger partial charge on any atom is 0.235 e. The van der Waals surface area contributed by atoms with E-state index < -0.39 is 0 Å². The number of aliphatic imine (C=N–C) groups is 1. The average Bonchev–Trinajstić information content (AvgIpc) is 2.97. The summed E-state index contributed by atoms with van der Waals surface area (Å²) in [5.74, 6) is 0.456. The van der Waals surface area contributed by atoms with Gasteiger partial charge in [-0.3, -0.25) is 9.79 Å². The lowest BCUT2D eigenvalue weighted by molar-refractivity contribution is -0.118. The number of anilines is 1. The number of hydrogen-bond donors (Lipinski definition) is 1. The number of nitrogens with one attached hydrogen (secondary N) is 1. The van der Waals surface area contributed by atoms with E-state index >= 15 is 0 Å². The van der Waals surface area contributed by atoms with Gasteiger partial charge in [0.15, 0.2) is 0 Å². The molecule has 1 saturated carbocycles. The Hall–Kier alpha value is -2.42. The Labute approximate surface area is 122 Å². The first kappa shape index (κ1) is 11.3. The van der Waals surface area contributed by atoms with Crippen molar-refractivity contribution in [2.45, 2.75) is 24.3 Å². The summed E-state index contributed by atoms with van der Waals surface area (Å²) in [6.07, 6.45) is 2.84. The lowest BCUT2D eigenvalue weighted by atomic mass is 9.91. The third-order valence-electron chi connectivity index (χ3n) is 5.08. The van der Waals surface area contributed by atoms with Gasteiger partial charge in [-0.15, -0.1) is 0 Å². The zero-order valence-corrected chi connectivity index (χ0v) is 11.5. The van der Waals surface area contributed by atoms with Gasteiger partial charge in [-0.05, 0) is 34.7 Å². The van der Waals surface area contributed by atoms with Gasteiger partial charge in [0, 0.05) is 17.8 Å². The second-order valence-corrected chi connectivity index (χ2v) is 6.16. The first-order valence-electron chi connectivity index (χ1n) is 7.33. The highest BCUT2D eigenvalue weighted by molar-refractivity contribution is 6.09. The van der Waals surface area contributed by atoms with E-state index in [9.17, 15) is 4.79 Å². The van der Waals surface area contributed by atoms with E-state index in [0.717, 1.165) is 24.2 Å². The molecule has 21 heavy (non-hydrogen) atoms. The number of hydrogen-bond acceptors (Lipinski definition) is 2. The zero-order chi connectivity index (χ0) is 14.0. The van der Waals surface area contributed by atoms with Crippen LogP contribution in [-0.4, -0.2) is 12.1 Å². The van der Waals surface area contributed by atoms with Crippen LogP contribution in [0, 0.1) is 0 Å². The van der Waals surface area contributed by atoms with Crippen molar-refractivity contribution < 1.29 is 4.79 Å². The van der Waals surface area contributed by atoms with Crippen molar-refractivity contribution in [1.29, 1.82) is 0 Å². The fourth-order valence-corrected chi connectivity index (χ4v) is 3.90. The number of amides is 1. The van der Waals surface area contributed by atoms with Crippen LogP contribution in [0.25, 0.3) is 0 Å². The molecule has 1 spiro atoms. The summed E-state index contributed by atoms with van der Waals surface area (Å²) in [5, 5.41) is 3.04. The molecule has 2 heterocycles. The van der Waals surface area contributed by atoms with Crippen LogP contribution in [0.2, 0.25) is 0 Å². The van der Waals surface area contributed by atoms with Crippen molar-refractivity contribution in [3.05, 3.63) is 64.7 Å². The summed E-state index contributed by atoms with van der Waals surface area (Å²) >= 11 is 0. The second kappa shape index (κ2) is 3.61. The summed E-state index contributed by atoms with van der Waals surface area (Å²) in [5.41, 5.74) is 5.58. The highest BCUT2D eigenvalue weighted by Crippen LogP contribution is 2.64. The van der Waals surface area contributed by atoms with Gasteiger partial charge in [0.25, 0.3) is 0 Å². The normalized spacial score (nSPS) is 27.6. The van der Waals surface area contributed by atoms with Gasteiger partial charge in [0.1, 0.15) is 0 Å². The molecule has 1 amide bonds. The van der Waals surface area contributed by atoms with E-state index in [1.807, 2.05) is 24.4 Å². The number of fused-ring (bicyclic) bond motifs is 3. The molecule has 102 valence electrons. The van der Waals surface area contributed by atoms with Crippen molar-refractivity contribution in [1.82, 2.24) is 0 Å². The van der Waals surface area contributed by atoms with Crippen molar-refractivity contribution >= 4 is 17.8 Å². The molecule has 0 bridgehead atoms. The average molecular weight is 274 g/mol. The van der Waals surface area contributed by atoms with Crippen LogP contribution >= 0.6 is 0 Å². The molecule has 2 aliphatic heterocycles. The molecular formula is C18H14N2O. The van der Waals surface area contributed by atoms with Crippen LogP contribution in [0.5, 0.6) is 0 Å². The van der Waals surface area contributed by atoms with Gasteiger partial charge < -0.3 is 5.32 Å². The lowest BCUT2D eigenvalue weighted by Gasteiger charge is -2.09. The van der Waals surface area contributed by atoms with E-state index in [2.05, 4.69) is 34.6 Å². The summed E-state index contributed by atoms with van der Waals surface area (Å²) in [4.78, 5) is 16.8. The molecule has 3 heteroatoms. The van der Waals surface area contributed by atoms with E-state index in [0.29, 0.717) is 5.92 Å². The summed E-state index contributed by atoms with van der Waals surface area (Å²) in [6.45, 7) is 0.770. The third-order valence-corrected chi connectivity index (χ3v) is 5.08. The topological polar surface area (TPSA) is 41.5 Å². The minimum absolute atomic E-state index is 0.158. The number of carbonyl (C=O) groups is 1. The quantitative estimate of drug-likeness (QED) is 0.853. The SMILES string of the molecule is O=C1Nc2ccccc2[C@]12C[C@@H]2c1ccc2c(c1)CN=C2. The van der Waals surface area contributed by atoms with Gasteiger partial charge in [0.2, 0.25) is 5.91 Å². The second-order valence-electron chi connectivity index (χ2n) is 6.16. The maximum atomic E-state index is 12.5. The first-order valence-corrected chi connectivity index (χ1v) is 7.33. The Morgan fingerprint density at radius 1 is 1.19 bits per heavy atom. The largest absolute Gasteiger partial charge is 0.325 e. The van der Waals surface area contributed by atoms with Crippen molar-refractivity contribution in [2.24, 2.45) is 4.99 Å². The van der Waals surface area contributed by atoms with Crippen LogP contribution in [0.4, 0.5) is 5.69 Å². The van der Waals surface area contributed by atoms with Crippen LogP contribution < -0.4 is 5.32 Å². The molecule has 0 radical (unpaired) electrons. The minimum atomic E-state index is -0.329. The van der Waals surface area contributed by atoms with Crippen molar-refractivity contribution in [3.63, 3.8) is 0 Å². The molecule has 0 saturated heterocycles. The van der Waals surface area contributed by atoms with Crippen LogP contribution in [0.1, 0.15) is 34.6 Å². The Morgan fingerprint density at radius 2 is 2.10 bits per heavy atom. The molecule has 3 aliphatic rings. The number of benzene rings is 2. The number of carbonyl (C=O) groups excluding carboxylic acids is 1. The predicted octanol–water partition coefficient (Wildman–Crippen LogP) is 3.00. The molecule has 0 aromatic heterocycles. The maximum absolute atomic E-state index is 12.5. The third kappa shape index (κ3) is 1.33. The highest BCUT2D eigenvalue weighted by Gasteiger charge is 2.65. The number of para-hydroxylation sites is 1. The van der Waals surface area contributed by atoms with E-state index in [1.165, 1.54) is 16.7 Å². The summed E-state index contributed by atoms with van der Waals surface area (Å²) in [7, 11) is 0. The monoisotopic (exact) mass is 274 g/mol. The number of nitrogens with zero attached hydrogens (tertiary/aromatic N) is 1. The molecule has 2 aromatic carbocycles. The van der Waals surface area contributed by atoms with Crippen LogP contribution in [0.15, 0.2) is 47.5 Å². The Morgan fingerprint density at radius 3 is 3.05 bits per heavy atom. The lowest BCUT2D eigenvalue weighted by Crippen LogP contribution is -2.21. The molecule has 1 N–H and O–H groups in total. The summed E-state index contributed by atoms with van der Waals surface area (Å²) < 4.78 is 0. The molecule has 0 unspecified atom stereocenters. The van der Waals surface area contributed by atoms with E-state index in [1.54, 1.807) is 0 Å². The molecular weight excluding hydrogens is 260 g/mol.